The quantitative estimate of drug-likeness (QED) is 0.567. The van der Waals surface area contributed by atoms with Crippen molar-refractivity contribution in [2.45, 2.75) is 33.3 Å². The minimum Gasteiger partial charge on any atom is -0.459 e. The van der Waals surface area contributed by atoms with E-state index in [2.05, 4.69) is 5.32 Å². The van der Waals surface area contributed by atoms with Gasteiger partial charge in [-0.2, -0.15) is 0 Å². The average Bonchev–Trinajstić information content (AvgIpc) is 2.91. The smallest absolute Gasteiger partial charge is 0.338 e. The van der Waals surface area contributed by atoms with Crippen LogP contribution in [0.5, 0.6) is 0 Å². The molecule has 0 radical (unpaired) electrons. The first kappa shape index (κ1) is 20.6. The maximum Gasteiger partial charge on any atom is 0.338 e. The van der Waals surface area contributed by atoms with Crippen molar-refractivity contribution in [2.75, 3.05) is 10.2 Å². The molecule has 2 amide bonds. The lowest BCUT2D eigenvalue weighted by Gasteiger charge is -2.15. The molecule has 0 unspecified atom stereocenters. The molecule has 150 valence electrons. The van der Waals surface area contributed by atoms with Crippen molar-refractivity contribution < 1.29 is 19.1 Å². The van der Waals surface area contributed by atoms with Crippen molar-refractivity contribution >= 4 is 40.8 Å². The van der Waals surface area contributed by atoms with Crippen LogP contribution in [0.15, 0.2) is 59.3 Å². The SMILES string of the molecule is CCc1ccc(N2C(=O)C(Cl)=C(Nc3cccc(C(=O)OC(C)C)c3)C2=O)cc1. The molecular formula is C22H21ClN2O4. The number of halogens is 1. The number of benzene rings is 2. The maximum absolute atomic E-state index is 12.9. The number of rotatable bonds is 6. The van der Waals surface area contributed by atoms with E-state index in [0.717, 1.165) is 16.9 Å². The molecule has 3 rings (SSSR count). The summed E-state index contributed by atoms with van der Waals surface area (Å²) in [5.74, 6) is -1.63. The monoisotopic (exact) mass is 412 g/mol. The third-order valence-electron chi connectivity index (χ3n) is 4.34. The lowest BCUT2D eigenvalue weighted by molar-refractivity contribution is -0.120. The van der Waals surface area contributed by atoms with Crippen LogP contribution < -0.4 is 10.2 Å². The van der Waals surface area contributed by atoms with E-state index < -0.39 is 17.8 Å². The highest BCUT2D eigenvalue weighted by Crippen LogP contribution is 2.30. The molecule has 6 nitrogen and oxygen atoms in total. The van der Waals surface area contributed by atoms with Gasteiger partial charge in [0, 0.05) is 5.69 Å². The number of hydrogen-bond donors (Lipinski definition) is 1. The van der Waals surface area contributed by atoms with Crippen LogP contribution in [0.25, 0.3) is 0 Å². The molecule has 29 heavy (non-hydrogen) atoms. The Bertz CT molecular complexity index is 996. The summed E-state index contributed by atoms with van der Waals surface area (Å²) in [4.78, 5) is 38.6. The van der Waals surface area contributed by atoms with Gasteiger partial charge < -0.3 is 10.1 Å². The van der Waals surface area contributed by atoms with Gasteiger partial charge in [0.25, 0.3) is 11.8 Å². The number of nitrogens with zero attached hydrogens (tertiary/aromatic N) is 1. The molecule has 1 aliphatic heterocycles. The van der Waals surface area contributed by atoms with E-state index in [-0.39, 0.29) is 16.8 Å². The Hall–Kier alpha value is -3.12. The predicted molar refractivity (Wildman–Crippen MR) is 112 cm³/mol. The van der Waals surface area contributed by atoms with Crippen LogP contribution in [0, 0.1) is 0 Å². The molecule has 0 spiro atoms. The zero-order chi connectivity index (χ0) is 21.1. The molecule has 1 N–H and O–H groups in total. The summed E-state index contributed by atoms with van der Waals surface area (Å²) < 4.78 is 5.18. The molecule has 0 aliphatic carbocycles. The Morgan fingerprint density at radius 1 is 1.10 bits per heavy atom. The molecule has 0 saturated heterocycles. The van der Waals surface area contributed by atoms with E-state index >= 15 is 0 Å². The Labute approximate surface area is 174 Å². The fraction of sp³-hybridized carbons (Fsp3) is 0.227. The van der Waals surface area contributed by atoms with E-state index in [0.29, 0.717) is 16.9 Å². The van der Waals surface area contributed by atoms with E-state index in [4.69, 9.17) is 16.3 Å². The van der Waals surface area contributed by atoms with E-state index in [1.807, 2.05) is 19.1 Å². The summed E-state index contributed by atoms with van der Waals surface area (Å²) in [5, 5.41) is 2.67. The van der Waals surface area contributed by atoms with Crippen LogP contribution in [-0.4, -0.2) is 23.9 Å². The van der Waals surface area contributed by atoms with Crippen molar-refractivity contribution in [3.8, 4) is 0 Å². The summed E-state index contributed by atoms with van der Waals surface area (Å²) >= 11 is 6.16. The number of esters is 1. The van der Waals surface area contributed by atoms with Gasteiger partial charge in [-0.1, -0.05) is 36.7 Å². The average molecular weight is 413 g/mol. The first-order valence-corrected chi connectivity index (χ1v) is 9.65. The second kappa shape index (κ2) is 8.49. The van der Waals surface area contributed by atoms with Crippen molar-refractivity contribution in [1.82, 2.24) is 0 Å². The number of anilines is 2. The van der Waals surface area contributed by atoms with Gasteiger partial charge in [0.05, 0.1) is 17.4 Å². The van der Waals surface area contributed by atoms with Gasteiger partial charge in [0.15, 0.2) is 0 Å². The maximum atomic E-state index is 12.9. The van der Waals surface area contributed by atoms with Gasteiger partial charge in [-0.25, -0.2) is 9.69 Å². The summed E-state index contributed by atoms with van der Waals surface area (Å²) in [6.07, 6.45) is 0.599. The normalized spacial score (nSPS) is 14.0. The Morgan fingerprint density at radius 2 is 1.79 bits per heavy atom. The fourth-order valence-corrected chi connectivity index (χ4v) is 3.09. The molecule has 0 saturated carbocycles. The molecule has 0 aromatic heterocycles. The van der Waals surface area contributed by atoms with E-state index in [9.17, 15) is 14.4 Å². The molecule has 2 aromatic rings. The number of nitrogens with one attached hydrogen (secondary N) is 1. The van der Waals surface area contributed by atoms with Crippen LogP contribution in [-0.2, 0) is 20.7 Å². The molecule has 2 aromatic carbocycles. The van der Waals surface area contributed by atoms with Crippen LogP contribution in [0.3, 0.4) is 0 Å². The van der Waals surface area contributed by atoms with Crippen LogP contribution in [0.2, 0.25) is 0 Å². The summed E-state index contributed by atoms with van der Waals surface area (Å²) in [6, 6.07) is 13.6. The Kier molecular flexibility index (Phi) is 6.03. The first-order chi connectivity index (χ1) is 13.8. The molecule has 7 heteroatoms. The molecule has 0 bridgehead atoms. The lowest BCUT2D eigenvalue weighted by atomic mass is 10.1. The van der Waals surface area contributed by atoms with Crippen molar-refractivity contribution in [2.24, 2.45) is 0 Å². The number of carbonyl (C=O) groups is 3. The standard InChI is InChI=1S/C22H21ClN2O4/c1-4-14-8-10-17(11-9-14)25-20(26)18(23)19(21(25)27)24-16-7-5-6-15(12-16)22(28)29-13(2)3/h5-13,24H,4H2,1-3H3. The third kappa shape index (κ3) is 4.32. The molecule has 1 heterocycles. The second-order valence-electron chi connectivity index (χ2n) is 6.81. The van der Waals surface area contributed by atoms with E-state index in [1.165, 1.54) is 0 Å². The van der Waals surface area contributed by atoms with Crippen LogP contribution >= 0.6 is 11.6 Å². The number of hydrogen-bond acceptors (Lipinski definition) is 5. The highest BCUT2D eigenvalue weighted by molar-refractivity contribution is 6.53. The number of carbonyl (C=O) groups excluding carboxylic acids is 3. The highest BCUT2D eigenvalue weighted by atomic mass is 35.5. The summed E-state index contributed by atoms with van der Waals surface area (Å²) in [5.41, 5.74) is 2.27. The van der Waals surface area contributed by atoms with E-state index in [1.54, 1.807) is 50.2 Å². The van der Waals surface area contributed by atoms with Gasteiger partial charge in [-0.05, 0) is 56.2 Å². The first-order valence-electron chi connectivity index (χ1n) is 9.27. The summed E-state index contributed by atoms with van der Waals surface area (Å²) in [7, 11) is 0. The van der Waals surface area contributed by atoms with Gasteiger partial charge in [0.2, 0.25) is 0 Å². The minimum atomic E-state index is -0.598. The number of aryl methyl sites for hydroxylation is 1. The van der Waals surface area contributed by atoms with Crippen molar-refractivity contribution in [3.05, 3.63) is 70.4 Å². The Balaban J connectivity index is 1.83. The molecule has 1 aliphatic rings. The zero-order valence-electron chi connectivity index (χ0n) is 16.4. The largest absolute Gasteiger partial charge is 0.459 e. The minimum absolute atomic E-state index is 0.0365. The zero-order valence-corrected chi connectivity index (χ0v) is 17.1. The van der Waals surface area contributed by atoms with Crippen LogP contribution in [0.1, 0.15) is 36.7 Å². The Morgan fingerprint density at radius 3 is 2.41 bits per heavy atom. The molecule has 0 fully saturated rings. The summed E-state index contributed by atoms with van der Waals surface area (Å²) in [6.45, 7) is 5.54. The topological polar surface area (TPSA) is 75.7 Å². The van der Waals surface area contributed by atoms with Gasteiger partial charge >= 0.3 is 5.97 Å². The van der Waals surface area contributed by atoms with Crippen LogP contribution in [0.4, 0.5) is 11.4 Å². The van der Waals surface area contributed by atoms with Gasteiger partial charge in [0.1, 0.15) is 10.7 Å². The van der Waals surface area contributed by atoms with Gasteiger partial charge in [-0.15, -0.1) is 0 Å². The number of imide groups is 1. The van der Waals surface area contributed by atoms with Crippen molar-refractivity contribution in [1.29, 1.82) is 0 Å². The third-order valence-corrected chi connectivity index (χ3v) is 4.69. The second-order valence-corrected chi connectivity index (χ2v) is 7.19. The highest BCUT2D eigenvalue weighted by Gasteiger charge is 2.38. The van der Waals surface area contributed by atoms with Gasteiger partial charge in [-0.3, -0.25) is 9.59 Å². The predicted octanol–water partition coefficient (Wildman–Crippen LogP) is 4.25. The molecular weight excluding hydrogens is 392 g/mol. The fourth-order valence-electron chi connectivity index (χ4n) is 2.88. The molecule has 0 atom stereocenters. The number of ether oxygens (including phenoxy) is 1. The van der Waals surface area contributed by atoms with Crippen molar-refractivity contribution in [3.63, 3.8) is 0 Å². The number of amides is 2. The lowest BCUT2D eigenvalue weighted by Crippen LogP contribution is -2.32.